The van der Waals surface area contributed by atoms with Gasteiger partial charge in [0, 0.05) is 39.3 Å². The summed E-state index contributed by atoms with van der Waals surface area (Å²) in [5.74, 6) is -3.07. The largest absolute Gasteiger partial charge is 0.314 e. The zero-order chi connectivity index (χ0) is 15.3. The second kappa shape index (κ2) is 3.18. The van der Waals surface area contributed by atoms with Gasteiger partial charge in [-0.3, -0.25) is 0 Å². The summed E-state index contributed by atoms with van der Waals surface area (Å²) in [5, 5.41) is 4.52. The molecule has 1 heterocycles. The van der Waals surface area contributed by atoms with Crippen LogP contribution >= 0.6 is 0 Å². The minimum absolute atomic E-state index is 0.455. The van der Waals surface area contributed by atoms with Crippen LogP contribution < -0.4 is 10.6 Å². The fourth-order valence-corrected chi connectivity index (χ4v) is 0.604. The van der Waals surface area contributed by atoms with Crippen molar-refractivity contribution in [3.63, 3.8) is 0 Å². The topological polar surface area (TPSA) is 24.1 Å². The quantitative estimate of drug-likeness (QED) is 0.541. The van der Waals surface area contributed by atoms with Gasteiger partial charge in [-0.05, 0) is 5.89 Å². The van der Waals surface area contributed by atoms with E-state index < -0.39 is 45.2 Å². The van der Waals surface area contributed by atoms with Crippen molar-refractivity contribution in [3.05, 3.63) is 0 Å². The lowest BCUT2D eigenvalue weighted by Gasteiger charge is -2.27. The van der Waals surface area contributed by atoms with E-state index in [-0.39, 0.29) is 0 Å². The molecule has 0 aliphatic carbocycles. The van der Waals surface area contributed by atoms with E-state index in [4.69, 9.17) is 13.7 Å². The van der Waals surface area contributed by atoms with Crippen molar-refractivity contribution in [2.24, 2.45) is 5.89 Å². The average Bonchev–Trinajstić information content (AvgIpc) is 2.18. The molecule has 54 valence electrons. The van der Waals surface area contributed by atoms with Crippen LogP contribution in [0.5, 0.6) is 0 Å². The third-order valence-electron chi connectivity index (χ3n) is 1.08. The number of rotatable bonds is 1. The van der Waals surface area contributed by atoms with Gasteiger partial charge < -0.3 is 10.6 Å². The van der Waals surface area contributed by atoms with Gasteiger partial charge >= 0.3 is 0 Å². The highest BCUT2D eigenvalue weighted by Crippen LogP contribution is 2.00. The molecule has 2 heteroatoms. The second-order valence-electron chi connectivity index (χ2n) is 1.74. The standard InChI is InChI=1S/C7H16N2/c1-6(2)7-5-8-3-4-9-7/h6-9H,3-5H2,1-2H3/t7-/m0/s1/i1D3,2D3,3D2,6D,7D. The van der Waals surface area contributed by atoms with Gasteiger partial charge in [-0.15, -0.1) is 0 Å². The first-order valence-corrected chi connectivity index (χ1v) is 2.66. The first kappa shape index (κ1) is 1.56. The predicted molar refractivity (Wildman–Crippen MR) is 39.5 cm³/mol. The van der Waals surface area contributed by atoms with Gasteiger partial charge in [-0.25, -0.2) is 0 Å². The summed E-state index contributed by atoms with van der Waals surface area (Å²) in [5.41, 5.74) is 0. The molecule has 1 atom stereocenters. The lowest BCUT2D eigenvalue weighted by Crippen LogP contribution is -2.50. The van der Waals surface area contributed by atoms with E-state index >= 15 is 0 Å². The first-order valence-electron chi connectivity index (χ1n) is 7.66. The first-order chi connectivity index (χ1) is 8.16. The zero-order valence-corrected chi connectivity index (χ0v) is 4.91. The van der Waals surface area contributed by atoms with Gasteiger partial charge in [0.1, 0.15) is 0 Å². The van der Waals surface area contributed by atoms with Gasteiger partial charge in [0.2, 0.25) is 0 Å². The molecule has 1 aliphatic rings. The molecule has 0 unspecified atom stereocenters. The summed E-state index contributed by atoms with van der Waals surface area (Å²) < 4.78 is 74.5. The maximum absolute atomic E-state index is 8.01. The molecular weight excluding hydrogens is 112 g/mol. The molecule has 0 aromatic heterocycles. The van der Waals surface area contributed by atoms with Crippen LogP contribution in [0, 0.1) is 5.89 Å². The lowest BCUT2D eigenvalue weighted by atomic mass is 10.0. The third-order valence-corrected chi connectivity index (χ3v) is 1.08. The Bertz CT molecular complexity index is 321. The molecule has 1 saturated heterocycles. The van der Waals surface area contributed by atoms with E-state index in [1.807, 2.05) is 0 Å². The molecule has 1 aliphatic heterocycles. The van der Waals surface area contributed by atoms with E-state index in [1.54, 1.807) is 0 Å². The van der Waals surface area contributed by atoms with Crippen molar-refractivity contribution in [2.45, 2.75) is 19.7 Å². The van der Waals surface area contributed by atoms with E-state index in [0.29, 0.717) is 0 Å². The Kier molecular flexibility index (Phi) is 0.552. The van der Waals surface area contributed by atoms with Crippen LogP contribution in [-0.2, 0) is 0 Å². The van der Waals surface area contributed by atoms with Gasteiger partial charge in [-0.1, -0.05) is 13.7 Å². The molecule has 1 fully saturated rings. The third kappa shape index (κ3) is 1.95. The molecule has 9 heavy (non-hydrogen) atoms. The molecular formula is C7H16N2. The summed E-state index contributed by atoms with van der Waals surface area (Å²) in [6, 6.07) is -2.35. The van der Waals surface area contributed by atoms with Crippen molar-refractivity contribution in [2.75, 3.05) is 19.6 Å². The molecule has 0 saturated carbocycles. The van der Waals surface area contributed by atoms with Crippen LogP contribution in [-0.4, -0.2) is 25.6 Å². The average molecular weight is 138 g/mol. The molecule has 0 aromatic rings. The molecule has 1 rings (SSSR count). The minimum atomic E-state index is -3.22. The zero-order valence-electron chi connectivity index (χ0n) is 14.9. The maximum atomic E-state index is 8.01. The van der Waals surface area contributed by atoms with Crippen molar-refractivity contribution in [3.8, 4) is 0 Å². The molecule has 2 nitrogen and oxygen atoms in total. The summed E-state index contributed by atoms with van der Waals surface area (Å²) >= 11 is 0. The van der Waals surface area contributed by atoms with E-state index in [2.05, 4.69) is 10.6 Å². The van der Waals surface area contributed by atoms with Crippen LogP contribution in [0.3, 0.4) is 0 Å². The van der Waals surface area contributed by atoms with Crippen molar-refractivity contribution < 1.29 is 13.7 Å². The number of piperazine rings is 1. The Morgan fingerprint density at radius 3 is 3.44 bits per heavy atom. The molecule has 0 spiro atoms. The molecule has 2 N–H and O–H groups in total. The summed E-state index contributed by atoms with van der Waals surface area (Å²) in [4.78, 5) is 0. The second-order valence-corrected chi connectivity index (χ2v) is 1.74. The smallest absolute Gasteiger partial charge is 0.0481 e. The molecule has 0 bridgehead atoms. The van der Waals surface area contributed by atoms with Crippen LogP contribution in [0.25, 0.3) is 0 Å². The monoisotopic (exact) mass is 138 g/mol. The number of nitrogens with one attached hydrogen (secondary N) is 2. The fourth-order valence-electron chi connectivity index (χ4n) is 0.604. The van der Waals surface area contributed by atoms with E-state index in [9.17, 15) is 0 Å². The molecule has 0 aromatic carbocycles. The van der Waals surface area contributed by atoms with Crippen molar-refractivity contribution in [1.82, 2.24) is 10.6 Å². The molecule has 0 amide bonds. The number of hydrogen-bond donors (Lipinski definition) is 2. The molecule has 0 radical (unpaired) electrons. The van der Waals surface area contributed by atoms with Crippen molar-refractivity contribution >= 4 is 0 Å². The Labute approximate surface area is 71.1 Å². The Morgan fingerprint density at radius 2 is 2.89 bits per heavy atom. The summed E-state index contributed by atoms with van der Waals surface area (Å²) in [6.07, 6.45) is 0. The maximum Gasteiger partial charge on any atom is 0.0481 e. The Balaban J connectivity index is 3.21. The highest BCUT2D eigenvalue weighted by atomic mass is 15.1. The number of hydrogen-bond acceptors (Lipinski definition) is 2. The summed E-state index contributed by atoms with van der Waals surface area (Å²) in [6.45, 7) is -9.38. The van der Waals surface area contributed by atoms with Crippen LogP contribution in [0.4, 0.5) is 0 Å². The van der Waals surface area contributed by atoms with Crippen molar-refractivity contribution in [1.29, 1.82) is 0 Å². The predicted octanol–water partition coefficient (Wildman–Crippen LogP) is 0.204. The Morgan fingerprint density at radius 1 is 2.00 bits per heavy atom. The Hall–Kier alpha value is -0.0800. The van der Waals surface area contributed by atoms with E-state index in [1.165, 1.54) is 0 Å². The van der Waals surface area contributed by atoms with Crippen LogP contribution in [0.15, 0.2) is 0 Å². The highest BCUT2D eigenvalue weighted by Gasteiger charge is 2.14. The van der Waals surface area contributed by atoms with Gasteiger partial charge in [0.05, 0.1) is 0 Å². The SMILES string of the molecule is [2H]C1([2H])CN[C@]([2H])(C([2H])(C([2H])([2H])[2H])C([2H])([2H])[2H])CN1. The van der Waals surface area contributed by atoms with E-state index in [0.717, 1.165) is 0 Å². The minimum Gasteiger partial charge on any atom is -0.314 e. The lowest BCUT2D eigenvalue weighted by molar-refractivity contribution is 0.342. The van der Waals surface area contributed by atoms with Crippen LogP contribution in [0.2, 0.25) is 0 Å². The normalized spacial score (nSPS) is 63.1. The summed E-state index contributed by atoms with van der Waals surface area (Å²) in [7, 11) is 0. The highest BCUT2D eigenvalue weighted by molar-refractivity contribution is 4.77. The fraction of sp³-hybridized carbons (Fsp3) is 1.00. The van der Waals surface area contributed by atoms with Crippen LogP contribution in [0.1, 0.15) is 27.4 Å². The van der Waals surface area contributed by atoms with Gasteiger partial charge in [-0.2, -0.15) is 0 Å². The van der Waals surface area contributed by atoms with Gasteiger partial charge in [0.25, 0.3) is 0 Å². The van der Waals surface area contributed by atoms with Gasteiger partial charge in [0.15, 0.2) is 0 Å².